The van der Waals surface area contributed by atoms with Crippen LogP contribution in [0.3, 0.4) is 0 Å². The number of ether oxygens (including phenoxy) is 4. The number of benzene rings is 2. The zero-order valence-corrected chi connectivity index (χ0v) is 18.7. The van der Waals surface area contributed by atoms with Crippen molar-refractivity contribution in [1.29, 1.82) is 0 Å². The minimum absolute atomic E-state index is 0.0210. The Labute approximate surface area is 190 Å². The van der Waals surface area contributed by atoms with Gasteiger partial charge in [0.05, 0.1) is 5.56 Å². The molecule has 0 saturated carbocycles. The van der Waals surface area contributed by atoms with E-state index in [-0.39, 0.29) is 48.7 Å². The molecular formula is C23H23ClO8. The molecule has 0 N–H and O–H groups in total. The van der Waals surface area contributed by atoms with Gasteiger partial charge in [-0.1, -0.05) is 44.5 Å². The van der Waals surface area contributed by atoms with E-state index >= 15 is 0 Å². The summed E-state index contributed by atoms with van der Waals surface area (Å²) in [6.45, 7) is 4.67. The minimum Gasteiger partial charge on any atom is -0.457 e. The molecule has 32 heavy (non-hydrogen) atoms. The highest BCUT2D eigenvalue weighted by Gasteiger charge is 2.24. The van der Waals surface area contributed by atoms with Crippen LogP contribution in [0.15, 0.2) is 36.4 Å². The minimum atomic E-state index is -0.768. The number of halogens is 1. The number of rotatable bonds is 9. The van der Waals surface area contributed by atoms with Gasteiger partial charge in [0.15, 0.2) is 11.5 Å². The molecule has 2 rings (SSSR count). The van der Waals surface area contributed by atoms with Gasteiger partial charge in [-0.15, -0.1) is 0 Å². The van der Waals surface area contributed by atoms with Crippen LogP contribution >= 0.6 is 11.6 Å². The molecule has 0 amide bonds. The lowest BCUT2D eigenvalue weighted by molar-refractivity contribution is -0.137. The standard InChI is InChI=1S/C23H23ClO8/c1-4-19(25)30-17-11-15(23(28)29-13-14-7-9-16(24)10-8-14)12-18(31-20(26)5-2)22(17)32-21(27)6-3/h7-12H,4-6,13H2,1-3H3. The predicted molar refractivity (Wildman–Crippen MR) is 115 cm³/mol. The van der Waals surface area contributed by atoms with Gasteiger partial charge in [-0.2, -0.15) is 0 Å². The van der Waals surface area contributed by atoms with E-state index in [1.807, 2.05) is 0 Å². The maximum Gasteiger partial charge on any atom is 0.338 e. The highest BCUT2D eigenvalue weighted by atomic mass is 35.5. The van der Waals surface area contributed by atoms with Crippen molar-refractivity contribution in [2.75, 3.05) is 0 Å². The van der Waals surface area contributed by atoms with Crippen molar-refractivity contribution in [2.24, 2.45) is 0 Å². The third kappa shape index (κ3) is 7.09. The number of hydrogen-bond acceptors (Lipinski definition) is 8. The van der Waals surface area contributed by atoms with Crippen molar-refractivity contribution in [1.82, 2.24) is 0 Å². The first kappa shape index (κ1) is 24.9. The summed E-state index contributed by atoms with van der Waals surface area (Å²) < 4.78 is 21.0. The molecule has 0 fully saturated rings. The second kappa shape index (κ2) is 11.9. The fourth-order valence-electron chi connectivity index (χ4n) is 2.34. The summed E-state index contributed by atoms with van der Waals surface area (Å²) in [7, 11) is 0. The summed E-state index contributed by atoms with van der Waals surface area (Å²) in [5.74, 6) is -3.44. The quantitative estimate of drug-likeness (QED) is 0.392. The van der Waals surface area contributed by atoms with E-state index in [0.717, 1.165) is 0 Å². The lowest BCUT2D eigenvalue weighted by Gasteiger charge is -2.16. The number of esters is 4. The van der Waals surface area contributed by atoms with Crippen LogP contribution in [-0.2, 0) is 25.7 Å². The molecule has 8 nitrogen and oxygen atoms in total. The molecule has 0 aromatic heterocycles. The van der Waals surface area contributed by atoms with Crippen LogP contribution in [0, 0.1) is 0 Å². The van der Waals surface area contributed by atoms with Crippen molar-refractivity contribution < 1.29 is 38.1 Å². The van der Waals surface area contributed by atoms with Gasteiger partial charge >= 0.3 is 23.9 Å². The Kier molecular flexibility index (Phi) is 9.22. The number of hydrogen-bond donors (Lipinski definition) is 0. The molecule has 0 heterocycles. The Morgan fingerprint density at radius 1 is 0.750 bits per heavy atom. The maximum atomic E-state index is 12.7. The van der Waals surface area contributed by atoms with E-state index in [1.165, 1.54) is 12.1 Å². The van der Waals surface area contributed by atoms with Crippen LogP contribution in [-0.4, -0.2) is 23.9 Å². The van der Waals surface area contributed by atoms with E-state index in [9.17, 15) is 19.2 Å². The average molecular weight is 463 g/mol. The monoisotopic (exact) mass is 462 g/mol. The van der Waals surface area contributed by atoms with Crippen molar-refractivity contribution in [3.05, 3.63) is 52.5 Å². The summed E-state index contributed by atoms with van der Waals surface area (Å²) in [5, 5.41) is 0.544. The summed E-state index contributed by atoms with van der Waals surface area (Å²) in [6, 6.07) is 9.11. The molecule has 0 saturated heterocycles. The van der Waals surface area contributed by atoms with Gasteiger partial charge in [0.25, 0.3) is 0 Å². The third-order valence-corrected chi connectivity index (χ3v) is 4.32. The Morgan fingerprint density at radius 2 is 1.22 bits per heavy atom. The molecule has 2 aromatic carbocycles. The number of carbonyl (C=O) groups excluding carboxylic acids is 4. The van der Waals surface area contributed by atoms with Crippen molar-refractivity contribution >= 4 is 35.5 Å². The zero-order chi connectivity index (χ0) is 23.7. The summed E-state index contributed by atoms with van der Waals surface area (Å²) in [4.78, 5) is 48.3. The van der Waals surface area contributed by atoms with Gasteiger partial charge < -0.3 is 18.9 Å². The Bertz CT molecular complexity index is 959. The second-order valence-corrected chi connectivity index (χ2v) is 6.92. The van der Waals surface area contributed by atoms with Crippen LogP contribution in [0.25, 0.3) is 0 Å². The molecule has 2 aromatic rings. The first-order valence-electron chi connectivity index (χ1n) is 9.98. The van der Waals surface area contributed by atoms with Gasteiger partial charge in [0.1, 0.15) is 6.61 Å². The Hall–Kier alpha value is -3.39. The number of carbonyl (C=O) groups is 4. The molecule has 0 bridgehead atoms. The van der Waals surface area contributed by atoms with Gasteiger partial charge in [-0.3, -0.25) is 14.4 Å². The molecule has 0 aliphatic carbocycles. The second-order valence-electron chi connectivity index (χ2n) is 6.49. The van der Waals surface area contributed by atoms with Gasteiger partial charge in [-0.05, 0) is 29.8 Å². The lowest BCUT2D eigenvalue weighted by Crippen LogP contribution is -2.15. The van der Waals surface area contributed by atoms with Crippen LogP contribution in [0.5, 0.6) is 17.2 Å². The average Bonchev–Trinajstić information content (AvgIpc) is 2.79. The van der Waals surface area contributed by atoms with E-state index in [1.54, 1.807) is 45.0 Å². The highest BCUT2D eigenvalue weighted by Crippen LogP contribution is 2.40. The van der Waals surface area contributed by atoms with E-state index in [0.29, 0.717) is 10.6 Å². The largest absolute Gasteiger partial charge is 0.457 e. The Balaban J connectivity index is 2.42. The summed E-state index contributed by atoms with van der Waals surface area (Å²) in [5.41, 5.74) is 0.639. The van der Waals surface area contributed by atoms with Crippen LogP contribution < -0.4 is 14.2 Å². The molecule has 0 aliphatic rings. The molecule has 0 spiro atoms. The van der Waals surface area contributed by atoms with E-state index < -0.39 is 23.9 Å². The normalized spacial score (nSPS) is 10.2. The molecule has 170 valence electrons. The van der Waals surface area contributed by atoms with E-state index in [2.05, 4.69) is 0 Å². The van der Waals surface area contributed by atoms with Gasteiger partial charge in [0.2, 0.25) is 5.75 Å². The first-order chi connectivity index (χ1) is 15.3. The predicted octanol–water partition coefficient (Wildman–Crippen LogP) is 4.64. The Morgan fingerprint density at radius 3 is 1.69 bits per heavy atom. The molecule has 0 radical (unpaired) electrons. The zero-order valence-electron chi connectivity index (χ0n) is 17.9. The molecule has 0 aliphatic heterocycles. The van der Waals surface area contributed by atoms with Crippen molar-refractivity contribution in [3.8, 4) is 17.2 Å². The van der Waals surface area contributed by atoms with Crippen LogP contribution in [0.1, 0.15) is 56.0 Å². The summed E-state index contributed by atoms with van der Waals surface area (Å²) >= 11 is 5.85. The van der Waals surface area contributed by atoms with Crippen LogP contribution in [0.2, 0.25) is 5.02 Å². The van der Waals surface area contributed by atoms with Crippen LogP contribution in [0.4, 0.5) is 0 Å². The highest BCUT2D eigenvalue weighted by molar-refractivity contribution is 6.30. The fraction of sp³-hybridized carbons (Fsp3) is 0.304. The van der Waals surface area contributed by atoms with Gasteiger partial charge in [-0.25, -0.2) is 4.79 Å². The maximum absolute atomic E-state index is 12.7. The molecule has 9 heteroatoms. The molecular weight excluding hydrogens is 440 g/mol. The SMILES string of the molecule is CCC(=O)Oc1cc(C(=O)OCc2ccc(Cl)cc2)cc(OC(=O)CC)c1OC(=O)CC. The molecule has 0 atom stereocenters. The van der Waals surface area contributed by atoms with Crippen molar-refractivity contribution in [2.45, 2.75) is 46.6 Å². The fourth-order valence-corrected chi connectivity index (χ4v) is 2.46. The third-order valence-electron chi connectivity index (χ3n) is 4.07. The topological polar surface area (TPSA) is 105 Å². The molecule has 0 unspecified atom stereocenters. The van der Waals surface area contributed by atoms with Crippen molar-refractivity contribution in [3.63, 3.8) is 0 Å². The lowest BCUT2D eigenvalue weighted by atomic mass is 10.1. The van der Waals surface area contributed by atoms with Gasteiger partial charge in [0, 0.05) is 24.3 Å². The smallest absolute Gasteiger partial charge is 0.338 e. The van der Waals surface area contributed by atoms with E-state index in [4.69, 9.17) is 30.5 Å². The summed E-state index contributed by atoms with van der Waals surface area (Å²) in [6.07, 6.45) is 0.0696. The first-order valence-corrected chi connectivity index (χ1v) is 10.4.